The number of rotatable bonds is 6. The zero-order valence-electron chi connectivity index (χ0n) is 7.36. The SMILES string of the molecule is CCOCCOC(=O)/C=C/N=C=O. The van der Waals surface area contributed by atoms with E-state index in [9.17, 15) is 9.59 Å². The molecule has 0 saturated carbocycles. The standard InChI is InChI=1S/C8H11NO4/c1-2-12-5-6-13-8(11)3-4-9-7-10/h3-4H,2,5-6H2,1H3/b4-3+. The molecular formula is C8H11NO4. The van der Waals surface area contributed by atoms with Gasteiger partial charge < -0.3 is 9.47 Å². The smallest absolute Gasteiger partial charge is 0.332 e. The molecule has 5 heteroatoms. The predicted octanol–water partition coefficient (Wildman–Crippen LogP) is 0.416. The Labute approximate surface area is 76.0 Å². The second kappa shape index (κ2) is 8.64. The van der Waals surface area contributed by atoms with Crippen LogP contribution in [0.25, 0.3) is 0 Å². The number of aliphatic imine (C=N–C) groups is 1. The Morgan fingerprint density at radius 2 is 2.31 bits per heavy atom. The highest BCUT2D eigenvalue weighted by atomic mass is 16.6. The van der Waals surface area contributed by atoms with Crippen LogP contribution < -0.4 is 0 Å². The van der Waals surface area contributed by atoms with Gasteiger partial charge in [-0.05, 0) is 6.92 Å². The third-order valence-electron chi connectivity index (χ3n) is 1.01. The number of hydrogen-bond donors (Lipinski definition) is 0. The van der Waals surface area contributed by atoms with Crippen LogP contribution in [-0.4, -0.2) is 31.9 Å². The van der Waals surface area contributed by atoms with Crippen molar-refractivity contribution in [2.45, 2.75) is 6.92 Å². The first kappa shape index (κ1) is 11.6. The molecule has 0 amide bonds. The Kier molecular flexibility index (Phi) is 7.68. The van der Waals surface area contributed by atoms with Crippen molar-refractivity contribution in [3.8, 4) is 0 Å². The van der Waals surface area contributed by atoms with Gasteiger partial charge in [0.2, 0.25) is 6.08 Å². The van der Waals surface area contributed by atoms with Crippen LogP contribution in [0, 0.1) is 0 Å². The van der Waals surface area contributed by atoms with Gasteiger partial charge in [0, 0.05) is 18.9 Å². The van der Waals surface area contributed by atoms with Gasteiger partial charge in [0.15, 0.2) is 0 Å². The highest BCUT2D eigenvalue weighted by molar-refractivity contribution is 5.81. The van der Waals surface area contributed by atoms with E-state index in [0.717, 1.165) is 12.3 Å². The molecule has 5 nitrogen and oxygen atoms in total. The molecule has 0 rings (SSSR count). The Morgan fingerprint density at radius 1 is 1.54 bits per heavy atom. The lowest BCUT2D eigenvalue weighted by molar-refractivity contribution is -0.139. The van der Waals surface area contributed by atoms with E-state index in [4.69, 9.17) is 4.74 Å². The number of esters is 1. The van der Waals surface area contributed by atoms with E-state index in [2.05, 4.69) is 9.73 Å². The molecule has 0 saturated heterocycles. The summed E-state index contributed by atoms with van der Waals surface area (Å²) in [6.07, 6.45) is 3.32. The molecule has 0 aromatic rings. The Hall–Kier alpha value is -1.45. The first-order valence-corrected chi connectivity index (χ1v) is 3.79. The van der Waals surface area contributed by atoms with E-state index in [1.807, 2.05) is 6.92 Å². The lowest BCUT2D eigenvalue weighted by atomic mass is 10.6. The van der Waals surface area contributed by atoms with Gasteiger partial charge in [0.05, 0.1) is 6.61 Å². The summed E-state index contributed by atoms with van der Waals surface area (Å²) >= 11 is 0. The van der Waals surface area contributed by atoms with E-state index in [-0.39, 0.29) is 6.61 Å². The second-order valence-corrected chi connectivity index (χ2v) is 1.90. The van der Waals surface area contributed by atoms with Crippen LogP contribution in [0.5, 0.6) is 0 Å². The Morgan fingerprint density at radius 3 is 2.92 bits per heavy atom. The van der Waals surface area contributed by atoms with Gasteiger partial charge in [-0.1, -0.05) is 0 Å². The first-order chi connectivity index (χ1) is 6.31. The zero-order chi connectivity index (χ0) is 9.94. The molecule has 0 bridgehead atoms. The van der Waals surface area contributed by atoms with E-state index >= 15 is 0 Å². The fourth-order valence-electron chi connectivity index (χ4n) is 0.522. The molecule has 13 heavy (non-hydrogen) atoms. The number of nitrogens with zero attached hydrogens (tertiary/aromatic N) is 1. The van der Waals surface area contributed by atoms with Crippen LogP contribution in [0.4, 0.5) is 0 Å². The minimum atomic E-state index is -0.557. The highest BCUT2D eigenvalue weighted by Crippen LogP contribution is 1.83. The molecule has 0 aliphatic heterocycles. The van der Waals surface area contributed by atoms with Crippen LogP contribution in [0.3, 0.4) is 0 Å². The fourth-order valence-corrected chi connectivity index (χ4v) is 0.522. The minimum absolute atomic E-state index is 0.196. The quantitative estimate of drug-likeness (QED) is 0.198. The van der Waals surface area contributed by atoms with Crippen LogP contribution in [0.1, 0.15) is 6.92 Å². The molecule has 0 fully saturated rings. The van der Waals surface area contributed by atoms with Crippen molar-refractivity contribution in [3.63, 3.8) is 0 Å². The molecule has 0 aliphatic rings. The zero-order valence-corrected chi connectivity index (χ0v) is 7.36. The number of isocyanates is 1. The highest BCUT2D eigenvalue weighted by Gasteiger charge is 1.94. The first-order valence-electron chi connectivity index (χ1n) is 3.79. The maximum atomic E-state index is 10.7. The monoisotopic (exact) mass is 185 g/mol. The molecule has 0 aromatic heterocycles. The summed E-state index contributed by atoms with van der Waals surface area (Å²) in [6, 6.07) is 0. The summed E-state index contributed by atoms with van der Waals surface area (Å²) < 4.78 is 9.57. The van der Waals surface area contributed by atoms with Crippen molar-refractivity contribution in [3.05, 3.63) is 12.3 Å². The van der Waals surface area contributed by atoms with E-state index in [1.54, 1.807) is 0 Å². The van der Waals surface area contributed by atoms with Gasteiger partial charge in [0.25, 0.3) is 0 Å². The summed E-state index contributed by atoms with van der Waals surface area (Å²) in [7, 11) is 0. The maximum absolute atomic E-state index is 10.7. The van der Waals surface area contributed by atoms with Crippen molar-refractivity contribution in [1.82, 2.24) is 0 Å². The molecule has 0 spiro atoms. The van der Waals surface area contributed by atoms with Gasteiger partial charge in [-0.15, -0.1) is 0 Å². The molecule has 72 valence electrons. The predicted molar refractivity (Wildman–Crippen MR) is 44.7 cm³/mol. The summed E-state index contributed by atoms with van der Waals surface area (Å²) in [4.78, 5) is 23.3. The van der Waals surface area contributed by atoms with Crippen LogP contribution in [0.15, 0.2) is 17.3 Å². The number of carbonyl (C=O) groups excluding carboxylic acids is 2. The minimum Gasteiger partial charge on any atom is -0.460 e. The molecule has 0 N–H and O–H groups in total. The van der Waals surface area contributed by atoms with Crippen LogP contribution in [0.2, 0.25) is 0 Å². The number of carbonyl (C=O) groups is 1. The average molecular weight is 185 g/mol. The lowest BCUT2D eigenvalue weighted by Crippen LogP contribution is -2.08. The normalized spacial score (nSPS) is 9.62. The van der Waals surface area contributed by atoms with E-state index < -0.39 is 5.97 Å². The van der Waals surface area contributed by atoms with Crippen LogP contribution >= 0.6 is 0 Å². The van der Waals surface area contributed by atoms with Gasteiger partial charge in [0.1, 0.15) is 6.61 Å². The second-order valence-electron chi connectivity index (χ2n) is 1.90. The molecule has 0 heterocycles. The molecule has 0 atom stereocenters. The van der Waals surface area contributed by atoms with Gasteiger partial charge >= 0.3 is 5.97 Å². The Bertz CT molecular complexity index is 218. The van der Waals surface area contributed by atoms with Crippen molar-refractivity contribution < 1.29 is 19.1 Å². The summed E-state index contributed by atoms with van der Waals surface area (Å²) in [5.74, 6) is -0.557. The maximum Gasteiger partial charge on any atom is 0.332 e. The molecule has 0 unspecified atom stereocenters. The average Bonchev–Trinajstić information content (AvgIpc) is 2.13. The van der Waals surface area contributed by atoms with E-state index in [1.165, 1.54) is 6.08 Å². The Balaban J connectivity index is 3.45. The summed E-state index contributed by atoms with van der Waals surface area (Å²) in [5, 5.41) is 0. The van der Waals surface area contributed by atoms with Gasteiger partial charge in [-0.2, -0.15) is 4.99 Å². The molecule has 0 radical (unpaired) electrons. The summed E-state index contributed by atoms with van der Waals surface area (Å²) in [6.45, 7) is 3.00. The number of hydrogen-bond acceptors (Lipinski definition) is 5. The molecular weight excluding hydrogens is 174 g/mol. The largest absolute Gasteiger partial charge is 0.460 e. The third kappa shape index (κ3) is 8.46. The van der Waals surface area contributed by atoms with Gasteiger partial charge in [-0.25, -0.2) is 9.59 Å². The van der Waals surface area contributed by atoms with E-state index in [0.29, 0.717) is 13.2 Å². The van der Waals surface area contributed by atoms with Crippen molar-refractivity contribution >= 4 is 12.0 Å². The lowest BCUT2D eigenvalue weighted by Gasteiger charge is -2.00. The fraction of sp³-hybridized carbons (Fsp3) is 0.500. The van der Waals surface area contributed by atoms with Crippen LogP contribution in [-0.2, 0) is 19.1 Å². The third-order valence-corrected chi connectivity index (χ3v) is 1.01. The molecule has 0 aliphatic carbocycles. The topological polar surface area (TPSA) is 65.0 Å². The molecule has 0 aromatic carbocycles. The van der Waals surface area contributed by atoms with Gasteiger partial charge in [-0.3, -0.25) is 0 Å². The van der Waals surface area contributed by atoms with Crippen molar-refractivity contribution in [1.29, 1.82) is 0 Å². The number of ether oxygens (including phenoxy) is 2. The van der Waals surface area contributed by atoms with Crippen molar-refractivity contribution in [2.75, 3.05) is 19.8 Å². The summed E-state index contributed by atoms with van der Waals surface area (Å²) in [5.41, 5.74) is 0. The van der Waals surface area contributed by atoms with Crippen molar-refractivity contribution in [2.24, 2.45) is 4.99 Å².